The minimum Gasteiger partial charge on any atom is -0.451 e. The lowest BCUT2D eigenvalue weighted by Gasteiger charge is -2.27. The minimum absolute atomic E-state index is 0.0158. The first-order chi connectivity index (χ1) is 15.6. The van der Waals surface area contributed by atoms with Gasteiger partial charge in [-0.15, -0.1) is 0 Å². The Kier molecular flexibility index (Phi) is 7.25. The number of rotatable bonds is 8. The Hall–Kier alpha value is -3.56. The topological polar surface area (TPSA) is 136 Å². The van der Waals surface area contributed by atoms with Crippen molar-refractivity contribution in [2.24, 2.45) is 17.8 Å². The molecule has 0 radical (unpaired) electrons. The molecule has 1 N–H and O–H groups in total. The second-order valence-corrected chi connectivity index (χ2v) is 8.72. The molecule has 1 aliphatic heterocycles. The SMILES string of the molecule is CC(C)CC(C(=O)OC(C)C(=O)Nc1cccc([N+](=O)[O-])c1)N1C(=O)C2CC=CCC2C1=O. The molecule has 4 atom stereocenters. The summed E-state index contributed by atoms with van der Waals surface area (Å²) in [6, 6.07) is 4.24. The summed E-state index contributed by atoms with van der Waals surface area (Å²) in [5.41, 5.74) is -0.0197. The third kappa shape index (κ3) is 5.27. The molecule has 10 nitrogen and oxygen atoms in total. The van der Waals surface area contributed by atoms with Crippen molar-refractivity contribution in [1.29, 1.82) is 0 Å². The molecule has 0 aromatic heterocycles. The van der Waals surface area contributed by atoms with Crippen LogP contribution in [0.1, 0.15) is 40.0 Å². The number of ether oxygens (including phenoxy) is 1. The maximum atomic E-state index is 13.0. The summed E-state index contributed by atoms with van der Waals surface area (Å²) in [6.45, 7) is 5.07. The summed E-state index contributed by atoms with van der Waals surface area (Å²) < 4.78 is 5.34. The van der Waals surface area contributed by atoms with Gasteiger partial charge in [0.25, 0.3) is 11.6 Å². The molecule has 0 bridgehead atoms. The molecule has 1 aromatic carbocycles. The van der Waals surface area contributed by atoms with Crippen LogP contribution in [0.3, 0.4) is 0 Å². The molecule has 3 amide bonds. The number of hydrogen-bond acceptors (Lipinski definition) is 7. The molecule has 2 aliphatic rings. The van der Waals surface area contributed by atoms with Crippen LogP contribution in [-0.2, 0) is 23.9 Å². The van der Waals surface area contributed by atoms with E-state index in [0.717, 1.165) is 4.90 Å². The molecule has 1 fully saturated rings. The number of nitrogens with one attached hydrogen (secondary N) is 1. The molecule has 176 valence electrons. The number of allylic oxidation sites excluding steroid dienone is 2. The molecule has 4 unspecified atom stereocenters. The van der Waals surface area contributed by atoms with E-state index in [1.807, 2.05) is 26.0 Å². The number of non-ortho nitro benzene ring substituents is 1. The van der Waals surface area contributed by atoms with Gasteiger partial charge in [-0.2, -0.15) is 0 Å². The maximum absolute atomic E-state index is 13.0. The van der Waals surface area contributed by atoms with Gasteiger partial charge in [-0.25, -0.2) is 4.79 Å². The van der Waals surface area contributed by atoms with Crippen molar-refractivity contribution in [3.63, 3.8) is 0 Å². The normalized spacial score (nSPS) is 21.5. The quantitative estimate of drug-likeness (QED) is 0.208. The highest BCUT2D eigenvalue weighted by Crippen LogP contribution is 2.37. The molecule has 0 saturated carbocycles. The summed E-state index contributed by atoms with van der Waals surface area (Å²) in [5.74, 6) is -3.25. The predicted octanol–water partition coefficient (Wildman–Crippen LogP) is 2.83. The van der Waals surface area contributed by atoms with Gasteiger partial charge in [-0.3, -0.25) is 29.4 Å². The monoisotopic (exact) mass is 457 g/mol. The van der Waals surface area contributed by atoms with Crippen molar-refractivity contribution in [3.8, 4) is 0 Å². The van der Waals surface area contributed by atoms with E-state index in [1.165, 1.54) is 31.2 Å². The fourth-order valence-electron chi connectivity index (χ4n) is 4.13. The second kappa shape index (κ2) is 9.93. The zero-order chi connectivity index (χ0) is 24.3. The zero-order valence-corrected chi connectivity index (χ0v) is 18.7. The highest BCUT2D eigenvalue weighted by atomic mass is 16.6. The van der Waals surface area contributed by atoms with E-state index in [9.17, 15) is 29.3 Å². The average Bonchev–Trinajstić information content (AvgIpc) is 3.02. The molecular formula is C23H27N3O7. The van der Waals surface area contributed by atoms with Crippen molar-refractivity contribution in [2.75, 3.05) is 5.32 Å². The number of nitro benzene ring substituents is 1. The van der Waals surface area contributed by atoms with Crippen molar-refractivity contribution in [1.82, 2.24) is 4.90 Å². The molecular weight excluding hydrogens is 430 g/mol. The van der Waals surface area contributed by atoms with Gasteiger partial charge in [0.05, 0.1) is 16.8 Å². The Morgan fingerprint density at radius 1 is 1.15 bits per heavy atom. The Balaban J connectivity index is 1.71. The highest BCUT2D eigenvalue weighted by Gasteiger charge is 2.51. The maximum Gasteiger partial charge on any atom is 0.330 e. The minimum atomic E-state index is -1.25. The second-order valence-electron chi connectivity index (χ2n) is 8.72. The summed E-state index contributed by atoms with van der Waals surface area (Å²) in [7, 11) is 0. The lowest BCUT2D eigenvalue weighted by Crippen LogP contribution is -2.48. The van der Waals surface area contributed by atoms with Gasteiger partial charge < -0.3 is 10.1 Å². The van der Waals surface area contributed by atoms with Crippen molar-refractivity contribution in [2.45, 2.75) is 52.2 Å². The third-order valence-electron chi connectivity index (χ3n) is 5.81. The number of benzene rings is 1. The number of anilines is 1. The molecule has 10 heteroatoms. The van der Waals surface area contributed by atoms with E-state index in [2.05, 4.69) is 5.32 Å². The Bertz CT molecular complexity index is 978. The molecule has 3 rings (SSSR count). The zero-order valence-electron chi connectivity index (χ0n) is 18.7. The van der Waals surface area contributed by atoms with Crippen LogP contribution in [0.25, 0.3) is 0 Å². The molecule has 0 spiro atoms. The van der Waals surface area contributed by atoms with Crippen molar-refractivity contribution in [3.05, 3.63) is 46.5 Å². The van der Waals surface area contributed by atoms with E-state index in [4.69, 9.17) is 4.74 Å². The summed E-state index contributed by atoms with van der Waals surface area (Å²) in [5, 5.41) is 13.4. The lowest BCUT2D eigenvalue weighted by atomic mass is 9.85. The molecule has 33 heavy (non-hydrogen) atoms. The van der Waals surface area contributed by atoms with Gasteiger partial charge in [0.15, 0.2) is 6.10 Å². The van der Waals surface area contributed by atoms with Crippen molar-refractivity contribution < 1.29 is 28.8 Å². The number of nitrogens with zero attached hydrogens (tertiary/aromatic N) is 2. The first-order valence-electron chi connectivity index (χ1n) is 10.9. The fraction of sp³-hybridized carbons (Fsp3) is 0.478. The van der Waals surface area contributed by atoms with Gasteiger partial charge >= 0.3 is 5.97 Å². The molecule has 1 aromatic rings. The number of imide groups is 1. The number of carbonyl (C=O) groups excluding carboxylic acids is 4. The van der Waals surface area contributed by atoms with Gasteiger partial charge in [0, 0.05) is 17.8 Å². The molecule has 1 aliphatic carbocycles. The van der Waals surface area contributed by atoms with Gasteiger partial charge in [0.1, 0.15) is 6.04 Å². The van der Waals surface area contributed by atoms with Gasteiger partial charge in [0.2, 0.25) is 11.8 Å². The Labute approximate surface area is 191 Å². The fourth-order valence-corrected chi connectivity index (χ4v) is 4.13. The van der Waals surface area contributed by atoms with Crippen LogP contribution in [0.4, 0.5) is 11.4 Å². The first-order valence-corrected chi connectivity index (χ1v) is 10.9. The van der Waals surface area contributed by atoms with Crippen LogP contribution in [0.15, 0.2) is 36.4 Å². The standard InChI is InChI=1S/C23H27N3O7/c1-13(2)11-19(25-21(28)17-9-4-5-10-18(17)22(25)29)23(30)33-14(3)20(27)24-15-7-6-8-16(12-15)26(31)32/h4-8,12-14,17-19H,9-11H2,1-3H3,(H,24,27). The van der Waals surface area contributed by atoms with E-state index in [1.54, 1.807) is 0 Å². The number of hydrogen-bond donors (Lipinski definition) is 1. The van der Waals surface area contributed by atoms with Crippen LogP contribution in [-0.4, -0.2) is 45.7 Å². The Morgan fingerprint density at radius 3 is 2.30 bits per heavy atom. The van der Waals surface area contributed by atoms with Crippen LogP contribution in [0.5, 0.6) is 0 Å². The van der Waals surface area contributed by atoms with Crippen LogP contribution < -0.4 is 5.32 Å². The summed E-state index contributed by atoms with van der Waals surface area (Å²) in [6.07, 6.45) is 3.61. The number of nitro groups is 1. The Morgan fingerprint density at radius 2 is 1.76 bits per heavy atom. The molecule has 1 heterocycles. The highest BCUT2D eigenvalue weighted by molar-refractivity contribution is 6.08. The average molecular weight is 457 g/mol. The third-order valence-corrected chi connectivity index (χ3v) is 5.81. The summed E-state index contributed by atoms with van der Waals surface area (Å²) in [4.78, 5) is 62.8. The van der Waals surface area contributed by atoms with Crippen molar-refractivity contribution >= 4 is 35.1 Å². The van der Waals surface area contributed by atoms with E-state index >= 15 is 0 Å². The summed E-state index contributed by atoms with van der Waals surface area (Å²) >= 11 is 0. The van der Waals surface area contributed by atoms with Crippen LogP contribution >= 0.6 is 0 Å². The predicted molar refractivity (Wildman–Crippen MR) is 118 cm³/mol. The lowest BCUT2D eigenvalue weighted by molar-refractivity contribution is -0.384. The van der Waals surface area contributed by atoms with Gasteiger partial charge in [-0.05, 0) is 38.2 Å². The number of esters is 1. The largest absolute Gasteiger partial charge is 0.451 e. The van der Waals surface area contributed by atoms with E-state index < -0.39 is 40.8 Å². The smallest absolute Gasteiger partial charge is 0.330 e. The van der Waals surface area contributed by atoms with E-state index in [-0.39, 0.29) is 35.5 Å². The van der Waals surface area contributed by atoms with Crippen LogP contribution in [0, 0.1) is 27.9 Å². The first kappa shape index (κ1) is 24.1. The van der Waals surface area contributed by atoms with Crippen LogP contribution in [0.2, 0.25) is 0 Å². The number of likely N-dealkylation sites (tertiary alicyclic amines) is 1. The van der Waals surface area contributed by atoms with Gasteiger partial charge in [-0.1, -0.05) is 32.1 Å². The number of fused-ring (bicyclic) bond motifs is 1. The number of amides is 3. The van der Waals surface area contributed by atoms with E-state index in [0.29, 0.717) is 12.8 Å². The molecule has 1 saturated heterocycles. The number of carbonyl (C=O) groups is 4.